The first-order valence-corrected chi connectivity index (χ1v) is 9.21. The van der Waals surface area contributed by atoms with Gasteiger partial charge in [0.25, 0.3) is 0 Å². The number of ether oxygens (including phenoxy) is 2. The first kappa shape index (κ1) is 19.5. The van der Waals surface area contributed by atoms with Crippen LogP contribution in [-0.4, -0.2) is 45.3 Å². The number of nitrogens with one attached hydrogen (secondary N) is 2. The van der Waals surface area contributed by atoms with E-state index in [1.807, 2.05) is 48.5 Å². The third-order valence-electron chi connectivity index (χ3n) is 4.68. The number of urea groups is 1. The van der Waals surface area contributed by atoms with Crippen molar-refractivity contribution in [2.24, 2.45) is 0 Å². The van der Waals surface area contributed by atoms with E-state index >= 15 is 0 Å². The number of anilines is 1. The van der Waals surface area contributed by atoms with Crippen LogP contribution in [0.25, 0.3) is 0 Å². The Morgan fingerprint density at radius 3 is 2.57 bits per heavy atom. The van der Waals surface area contributed by atoms with Gasteiger partial charge in [-0.05, 0) is 36.2 Å². The number of hydrogen-bond donors (Lipinski definition) is 2. The summed E-state index contributed by atoms with van der Waals surface area (Å²) in [5, 5.41) is 5.72. The van der Waals surface area contributed by atoms with Crippen molar-refractivity contribution in [2.45, 2.75) is 18.9 Å². The van der Waals surface area contributed by atoms with Gasteiger partial charge in [-0.1, -0.05) is 18.2 Å². The fourth-order valence-electron chi connectivity index (χ4n) is 3.18. The molecule has 1 fully saturated rings. The highest BCUT2D eigenvalue weighted by Gasteiger charge is 2.31. The zero-order valence-corrected chi connectivity index (χ0v) is 16.1. The number of amides is 3. The number of carbonyl (C=O) groups excluding carboxylic acids is 2. The highest BCUT2D eigenvalue weighted by atomic mass is 16.5. The van der Waals surface area contributed by atoms with Gasteiger partial charge in [0, 0.05) is 31.3 Å². The van der Waals surface area contributed by atoms with E-state index in [-0.39, 0.29) is 24.4 Å². The molecule has 0 saturated carbocycles. The van der Waals surface area contributed by atoms with E-state index in [1.165, 1.54) is 0 Å². The van der Waals surface area contributed by atoms with Crippen LogP contribution in [0.15, 0.2) is 48.5 Å². The van der Waals surface area contributed by atoms with Crippen LogP contribution in [0, 0.1) is 0 Å². The lowest BCUT2D eigenvalue weighted by molar-refractivity contribution is -0.117. The first-order valence-electron chi connectivity index (χ1n) is 9.21. The minimum Gasteiger partial charge on any atom is -0.497 e. The highest BCUT2D eigenvalue weighted by molar-refractivity contribution is 5.97. The van der Waals surface area contributed by atoms with Crippen LogP contribution in [0.4, 0.5) is 10.5 Å². The third kappa shape index (κ3) is 4.94. The number of carbonyl (C=O) groups is 2. The Morgan fingerprint density at radius 2 is 1.86 bits per heavy atom. The van der Waals surface area contributed by atoms with Crippen LogP contribution in [0.1, 0.15) is 12.0 Å². The second-order valence-electron chi connectivity index (χ2n) is 6.61. The maximum Gasteiger partial charge on any atom is 0.315 e. The Labute approximate surface area is 164 Å². The lowest BCUT2D eigenvalue weighted by Gasteiger charge is -2.18. The van der Waals surface area contributed by atoms with Gasteiger partial charge >= 0.3 is 6.03 Å². The summed E-state index contributed by atoms with van der Waals surface area (Å²) in [5.41, 5.74) is 1.88. The molecule has 2 N–H and O–H groups in total. The van der Waals surface area contributed by atoms with Gasteiger partial charge in [-0.2, -0.15) is 0 Å². The zero-order chi connectivity index (χ0) is 19.9. The molecule has 7 heteroatoms. The number of benzene rings is 2. The van der Waals surface area contributed by atoms with Crippen molar-refractivity contribution < 1.29 is 19.1 Å². The van der Waals surface area contributed by atoms with Crippen molar-refractivity contribution in [2.75, 3.05) is 32.2 Å². The summed E-state index contributed by atoms with van der Waals surface area (Å²) in [6.07, 6.45) is 1.00. The van der Waals surface area contributed by atoms with Crippen molar-refractivity contribution in [3.05, 3.63) is 54.1 Å². The van der Waals surface area contributed by atoms with Crippen molar-refractivity contribution in [1.82, 2.24) is 10.6 Å². The molecule has 7 nitrogen and oxygen atoms in total. The lowest BCUT2D eigenvalue weighted by atomic mass is 10.1. The van der Waals surface area contributed by atoms with E-state index in [0.717, 1.165) is 23.4 Å². The first-order chi connectivity index (χ1) is 13.6. The predicted molar refractivity (Wildman–Crippen MR) is 107 cm³/mol. The predicted octanol–water partition coefficient (Wildman–Crippen LogP) is 2.35. The monoisotopic (exact) mass is 383 g/mol. The van der Waals surface area contributed by atoms with Gasteiger partial charge in [0.1, 0.15) is 11.5 Å². The smallest absolute Gasteiger partial charge is 0.315 e. The molecule has 0 aliphatic carbocycles. The van der Waals surface area contributed by atoms with E-state index in [4.69, 9.17) is 9.47 Å². The molecule has 28 heavy (non-hydrogen) atoms. The van der Waals surface area contributed by atoms with E-state index in [9.17, 15) is 9.59 Å². The highest BCUT2D eigenvalue weighted by Crippen LogP contribution is 2.25. The molecular weight excluding hydrogens is 358 g/mol. The Bertz CT molecular complexity index is 823. The summed E-state index contributed by atoms with van der Waals surface area (Å²) in [6.45, 7) is 0.955. The average molecular weight is 383 g/mol. The summed E-state index contributed by atoms with van der Waals surface area (Å²) in [7, 11) is 3.22. The van der Waals surface area contributed by atoms with Gasteiger partial charge in [0.05, 0.1) is 20.3 Å². The largest absolute Gasteiger partial charge is 0.497 e. The van der Waals surface area contributed by atoms with Gasteiger partial charge in [-0.15, -0.1) is 0 Å². The van der Waals surface area contributed by atoms with E-state index in [0.29, 0.717) is 18.8 Å². The summed E-state index contributed by atoms with van der Waals surface area (Å²) < 4.78 is 10.3. The SMILES string of the molecule is COc1ccc(CCNC(=O)N[C@H]2CC(=O)N(c3cccc(OC)c3)C2)cc1. The molecule has 1 aliphatic rings. The van der Waals surface area contributed by atoms with Crippen LogP contribution in [-0.2, 0) is 11.2 Å². The molecule has 3 rings (SSSR count). The van der Waals surface area contributed by atoms with Gasteiger partial charge in [0.15, 0.2) is 0 Å². The molecule has 1 heterocycles. The van der Waals surface area contributed by atoms with Crippen LogP contribution in [0.5, 0.6) is 11.5 Å². The van der Waals surface area contributed by atoms with Gasteiger partial charge in [0.2, 0.25) is 5.91 Å². The number of hydrogen-bond acceptors (Lipinski definition) is 4. The summed E-state index contributed by atoms with van der Waals surface area (Å²) in [6, 6.07) is 14.6. The molecule has 0 unspecified atom stereocenters. The molecule has 0 bridgehead atoms. The van der Waals surface area contributed by atoms with E-state index in [2.05, 4.69) is 10.6 Å². The number of rotatable bonds is 7. The molecule has 2 aromatic rings. The molecule has 1 aliphatic heterocycles. The lowest BCUT2D eigenvalue weighted by Crippen LogP contribution is -2.43. The van der Waals surface area contributed by atoms with Gasteiger partial charge in [-0.25, -0.2) is 4.79 Å². The Kier molecular flexibility index (Phi) is 6.37. The topological polar surface area (TPSA) is 79.9 Å². The second-order valence-corrected chi connectivity index (χ2v) is 6.61. The molecule has 1 saturated heterocycles. The standard InChI is InChI=1S/C21H25N3O4/c1-27-18-8-6-15(7-9-18)10-11-22-21(26)23-16-12-20(25)24(14-16)17-4-3-5-19(13-17)28-2/h3-9,13,16H,10-12,14H2,1-2H3,(H2,22,23,26)/t16-/m0/s1. The molecule has 0 aromatic heterocycles. The summed E-state index contributed by atoms with van der Waals surface area (Å²) in [5.74, 6) is 1.48. The molecule has 1 atom stereocenters. The van der Waals surface area contributed by atoms with Gasteiger partial charge < -0.3 is 25.0 Å². The summed E-state index contributed by atoms with van der Waals surface area (Å²) >= 11 is 0. The molecule has 2 aromatic carbocycles. The Balaban J connectivity index is 1.46. The fraction of sp³-hybridized carbons (Fsp3) is 0.333. The van der Waals surface area contributed by atoms with E-state index < -0.39 is 0 Å². The third-order valence-corrected chi connectivity index (χ3v) is 4.68. The molecule has 3 amide bonds. The van der Waals surface area contributed by atoms with Crippen molar-refractivity contribution in [3.63, 3.8) is 0 Å². The quantitative estimate of drug-likeness (QED) is 0.769. The Morgan fingerprint density at radius 1 is 1.11 bits per heavy atom. The molecule has 0 spiro atoms. The maximum atomic E-state index is 12.3. The molecule has 0 radical (unpaired) electrons. The number of nitrogens with zero attached hydrogens (tertiary/aromatic N) is 1. The van der Waals surface area contributed by atoms with Crippen molar-refractivity contribution in [3.8, 4) is 11.5 Å². The second kappa shape index (κ2) is 9.12. The molecule has 148 valence electrons. The van der Waals surface area contributed by atoms with Crippen LogP contribution in [0.2, 0.25) is 0 Å². The minimum atomic E-state index is -0.265. The van der Waals surface area contributed by atoms with Crippen molar-refractivity contribution in [1.29, 1.82) is 0 Å². The molecular formula is C21H25N3O4. The van der Waals surface area contributed by atoms with Gasteiger partial charge in [-0.3, -0.25) is 4.79 Å². The van der Waals surface area contributed by atoms with Crippen molar-refractivity contribution >= 4 is 17.6 Å². The zero-order valence-electron chi connectivity index (χ0n) is 16.1. The number of methoxy groups -OCH3 is 2. The van der Waals surface area contributed by atoms with Crippen LogP contribution < -0.4 is 25.0 Å². The van der Waals surface area contributed by atoms with Crippen LogP contribution >= 0.6 is 0 Å². The summed E-state index contributed by atoms with van der Waals surface area (Å²) in [4.78, 5) is 26.1. The maximum absolute atomic E-state index is 12.3. The Hall–Kier alpha value is -3.22. The average Bonchev–Trinajstić information content (AvgIpc) is 3.08. The minimum absolute atomic E-state index is 0.0169. The normalized spacial score (nSPS) is 16.0. The van der Waals surface area contributed by atoms with E-state index in [1.54, 1.807) is 19.1 Å². The van der Waals surface area contributed by atoms with Crippen LogP contribution in [0.3, 0.4) is 0 Å². The fourth-order valence-corrected chi connectivity index (χ4v) is 3.18.